The zero-order valence-corrected chi connectivity index (χ0v) is 15.8. The van der Waals surface area contributed by atoms with Crippen LogP contribution >= 0.6 is 11.6 Å². The van der Waals surface area contributed by atoms with Gasteiger partial charge in [0.1, 0.15) is 0 Å². The molecule has 1 saturated heterocycles. The van der Waals surface area contributed by atoms with Gasteiger partial charge in [-0.25, -0.2) is 0 Å². The minimum absolute atomic E-state index is 0.0246. The number of morpholine rings is 1. The van der Waals surface area contributed by atoms with Gasteiger partial charge in [-0.3, -0.25) is 14.3 Å². The van der Waals surface area contributed by atoms with Gasteiger partial charge in [0.2, 0.25) is 5.88 Å². The number of carbonyl (C=O) groups excluding carboxylic acids is 1. The molecule has 1 N–H and O–H groups in total. The highest BCUT2D eigenvalue weighted by Gasteiger charge is 2.20. The average molecular weight is 399 g/mol. The first-order valence-corrected chi connectivity index (χ1v) is 9.34. The van der Waals surface area contributed by atoms with E-state index in [4.69, 9.17) is 16.3 Å². The normalized spacial score (nSPS) is 15.5. The molecule has 3 aromatic rings. The van der Waals surface area contributed by atoms with E-state index in [1.165, 1.54) is 0 Å². The van der Waals surface area contributed by atoms with Gasteiger partial charge in [0.15, 0.2) is 5.69 Å². The summed E-state index contributed by atoms with van der Waals surface area (Å²) >= 11 is 6.05. The number of benzene rings is 2. The first-order valence-electron chi connectivity index (χ1n) is 8.96. The summed E-state index contributed by atoms with van der Waals surface area (Å²) in [5.41, 5.74) is 1.36. The molecular formula is C20H19ClN4O3. The molecule has 1 aromatic heterocycles. The Balaban J connectivity index is 1.68. The molecule has 0 unspecified atom stereocenters. The fourth-order valence-electron chi connectivity index (χ4n) is 3.24. The summed E-state index contributed by atoms with van der Waals surface area (Å²) in [5.74, 6) is -0.585. The van der Waals surface area contributed by atoms with E-state index in [1.54, 1.807) is 28.8 Å². The van der Waals surface area contributed by atoms with Crippen LogP contribution in [0.25, 0.3) is 10.9 Å². The number of azo groups is 1. The first-order chi connectivity index (χ1) is 13.6. The van der Waals surface area contributed by atoms with E-state index < -0.39 is 5.91 Å². The highest BCUT2D eigenvalue weighted by atomic mass is 35.5. The van der Waals surface area contributed by atoms with Crippen molar-refractivity contribution in [2.45, 2.75) is 6.67 Å². The van der Waals surface area contributed by atoms with Crippen LogP contribution < -0.4 is 0 Å². The summed E-state index contributed by atoms with van der Waals surface area (Å²) in [6.07, 6.45) is 0. The molecule has 0 atom stereocenters. The van der Waals surface area contributed by atoms with Gasteiger partial charge >= 0.3 is 0 Å². The number of amides is 1. The van der Waals surface area contributed by atoms with E-state index in [1.807, 2.05) is 24.3 Å². The predicted molar refractivity (Wildman–Crippen MR) is 106 cm³/mol. The van der Waals surface area contributed by atoms with Crippen molar-refractivity contribution in [3.8, 4) is 5.88 Å². The quantitative estimate of drug-likeness (QED) is 0.667. The summed E-state index contributed by atoms with van der Waals surface area (Å²) < 4.78 is 7.15. The molecule has 0 radical (unpaired) electrons. The standard InChI is InChI=1S/C20H19ClN4O3/c21-16-7-3-1-5-14(16)19(26)23-22-18-15-6-2-4-8-17(15)25(20(18)27)13-24-9-11-28-12-10-24/h1-8,27H,9-13H2. The Bertz CT molecular complexity index is 1040. The number of ether oxygens (including phenoxy) is 1. The lowest BCUT2D eigenvalue weighted by Gasteiger charge is -2.27. The maximum Gasteiger partial charge on any atom is 0.296 e. The van der Waals surface area contributed by atoms with Crippen molar-refractivity contribution >= 4 is 34.1 Å². The van der Waals surface area contributed by atoms with Crippen molar-refractivity contribution in [1.82, 2.24) is 9.47 Å². The Hall–Kier alpha value is -2.74. The molecule has 1 amide bonds. The highest BCUT2D eigenvalue weighted by Crippen LogP contribution is 2.39. The summed E-state index contributed by atoms with van der Waals surface area (Å²) in [4.78, 5) is 14.5. The van der Waals surface area contributed by atoms with Crippen LogP contribution in [0.3, 0.4) is 0 Å². The number of rotatable bonds is 4. The second-order valence-electron chi connectivity index (χ2n) is 6.47. The third-order valence-corrected chi connectivity index (χ3v) is 5.04. The van der Waals surface area contributed by atoms with Crippen LogP contribution in [0.4, 0.5) is 5.69 Å². The zero-order valence-electron chi connectivity index (χ0n) is 15.1. The monoisotopic (exact) mass is 398 g/mol. The molecule has 1 aliphatic rings. The molecule has 2 aromatic carbocycles. The van der Waals surface area contributed by atoms with Crippen LogP contribution in [0.15, 0.2) is 58.8 Å². The second-order valence-corrected chi connectivity index (χ2v) is 6.88. The third kappa shape index (κ3) is 3.64. The molecule has 0 bridgehead atoms. The number of halogens is 1. The number of fused-ring (bicyclic) bond motifs is 1. The van der Waals surface area contributed by atoms with E-state index in [-0.39, 0.29) is 17.1 Å². The molecule has 0 spiro atoms. The Morgan fingerprint density at radius 1 is 1.11 bits per heavy atom. The molecule has 0 aliphatic carbocycles. The van der Waals surface area contributed by atoms with Gasteiger partial charge in [-0.1, -0.05) is 41.9 Å². The second kappa shape index (κ2) is 8.10. The highest BCUT2D eigenvalue weighted by molar-refractivity contribution is 6.33. The van der Waals surface area contributed by atoms with Crippen molar-refractivity contribution in [3.05, 3.63) is 59.1 Å². The lowest BCUT2D eigenvalue weighted by atomic mass is 10.2. The molecule has 28 heavy (non-hydrogen) atoms. The van der Waals surface area contributed by atoms with Crippen molar-refractivity contribution < 1.29 is 14.6 Å². The van der Waals surface area contributed by atoms with Crippen molar-refractivity contribution in [2.24, 2.45) is 10.2 Å². The predicted octanol–water partition coefficient (Wildman–Crippen LogP) is 4.21. The molecule has 4 rings (SSSR count). The van der Waals surface area contributed by atoms with E-state index in [0.29, 0.717) is 24.9 Å². The Kier molecular flexibility index (Phi) is 5.38. The SMILES string of the molecule is O=C(N=Nc1c(O)n(CN2CCOCC2)c2ccccc12)c1ccccc1Cl. The van der Waals surface area contributed by atoms with Crippen LogP contribution in [-0.2, 0) is 11.4 Å². The van der Waals surface area contributed by atoms with Crippen molar-refractivity contribution in [3.63, 3.8) is 0 Å². The number of aromatic nitrogens is 1. The van der Waals surface area contributed by atoms with Crippen LogP contribution in [-0.4, -0.2) is 46.8 Å². The summed E-state index contributed by atoms with van der Waals surface area (Å²) in [5, 5.41) is 19.7. The van der Waals surface area contributed by atoms with Gasteiger partial charge in [0, 0.05) is 18.5 Å². The molecule has 144 valence electrons. The molecule has 8 heteroatoms. The van der Waals surface area contributed by atoms with E-state index in [2.05, 4.69) is 15.1 Å². The molecular weight excluding hydrogens is 380 g/mol. The third-order valence-electron chi connectivity index (χ3n) is 4.71. The minimum atomic E-state index is -0.560. The molecule has 1 fully saturated rings. The number of hydrogen-bond acceptors (Lipinski definition) is 5. The van der Waals surface area contributed by atoms with Gasteiger partial charge in [-0.15, -0.1) is 10.2 Å². The van der Waals surface area contributed by atoms with Crippen LogP contribution in [0.1, 0.15) is 10.4 Å². The summed E-state index contributed by atoms with van der Waals surface area (Å²) in [7, 11) is 0. The Labute approximate surface area is 166 Å². The maximum absolute atomic E-state index is 12.4. The molecule has 2 heterocycles. The van der Waals surface area contributed by atoms with Crippen molar-refractivity contribution in [1.29, 1.82) is 0 Å². The van der Waals surface area contributed by atoms with Crippen molar-refractivity contribution in [2.75, 3.05) is 26.3 Å². The molecule has 7 nitrogen and oxygen atoms in total. The van der Waals surface area contributed by atoms with Gasteiger partial charge < -0.3 is 9.84 Å². The summed E-state index contributed by atoms with van der Waals surface area (Å²) in [6.45, 7) is 3.41. The smallest absolute Gasteiger partial charge is 0.296 e. The lowest BCUT2D eigenvalue weighted by molar-refractivity contribution is 0.0231. The van der Waals surface area contributed by atoms with Crippen LogP contribution in [0, 0.1) is 0 Å². The average Bonchev–Trinajstić information content (AvgIpc) is 2.99. The van der Waals surface area contributed by atoms with E-state index in [9.17, 15) is 9.90 Å². The number of nitrogens with zero attached hydrogens (tertiary/aromatic N) is 4. The first kappa shape index (κ1) is 18.6. The topological polar surface area (TPSA) is 79.4 Å². The van der Waals surface area contributed by atoms with Gasteiger partial charge in [0.25, 0.3) is 5.91 Å². The van der Waals surface area contributed by atoms with E-state index >= 15 is 0 Å². The number of hydrogen-bond donors (Lipinski definition) is 1. The summed E-state index contributed by atoms with van der Waals surface area (Å²) in [6, 6.07) is 14.2. The fraction of sp³-hybridized carbons (Fsp3) is 0.250. The Morgan fingerprint density at radius 3 is 2.61 bits per heavy atom. The van der Waals surface area contributed by atoms with Gasteiger partial charge in [0.05, 0.1) is 36.0 Å². The number of para-hydroxylation sites is 1. The lowest BCUT2D eigenvalue weighted by Crippen LogP contribution is -2.37. The number of carbonyl (C=O) groups is 1. The fourth-order valence-corrected chi connectivity index (χ4v) is 3.46. The molecule has 1 aliphatic heterocycles. The zero-order chi connectivity index (χ0) is 19.5. The van der Waals surface area contributed by atoms with E-state index in [0.717, 1.165) is 24.0 Å². The van der Waals surface area contributed by atoms with Crippen LogP contribution in [0.5, 0.6) is 5.88 Å². The largest absolute Gasteiger partial charge is 0.493 e. The minimum Gasteiger partial charge on any atom is -0.493 e. The van der Waals surface area contributed by atoms with Gasteiger partial charge in [-0.2, -0.15) is 0 Å². The van der Waals surface area contributed by atoms with Gasteiger partial charge in [-0.05, 0) is 18.2 Å². The number of aromatic hydroxyl groups is 1. The van der Waals surface area contributed by atoms with Crippen LogP contribution in [0.2, 0.25) is 5.02 Å². The maximum atomic E-state index is 12.4. The Morgan fingerprint density at radius 2 is 1.82 bits per heavy atom. The molecule has 0 saturated carbocycles.